The van der Waals surface area contributed by atoms with Crippen molar-refractivity contribution in [3.63, 3.8) is 0 Å². The van der Waals surface area contributed by atoms with Gasteiger partial charge in [0.05, 0.1) is 11.6 Å². The Balaban J connectivity index is 2.12. The number of hydrogen-bond donors (Lipinski definition) is 0. The highest BCUT2D eigenvalue weighted by Gasteiger charge is 2.20. The Morgan fingerprint density at radius 3 is 2.95 bits per heavy atom. The first-order valence-corrected chi connectivity index (χ1v) is 8.19. The van der Waals surface area contributed by atoms with Gasteiger partial charge in [-0.05, 0) is 44.4 Å². The second kappa shape index (κ2) is 5.31. The molecule has 0 bridgehead atoms. The molecule has 2 aromatic heterocycles. The minimum Gasteiger partial charge on any atom is -0.469 e. The average molecular weight is 356 g/mol. The van der Waals surface area contributed by atoms with Crippen LogP contribution in [0.1, 0.15) is 29.2 Å². The van der Waals surface area contributed by atoms with Crippen LogP contribution < -0.4 is 0 Å². The number of aryl methyl sites for hydroxylation is 1. The number of rotatable bonds is 3. The second-order valence-electron chi connectivity index (χ2n) is 4.32. The molecule has 98 valence electrons. The van der Waals surface area contributed by atoms with Gasteiger partial charge >= 0.3 is 0 Å². The SMILES string of the molecule is CCc1occc1C(Cl)c1csc2c(Br)cccc12. The van der Waals surface area contributed by atoms with E-state index < -0.39 is 0 Å². The van der Waals surface area contributed by atoms with E-state index in [0.717, 1.165) is 27.8 Å². The average Bonchev–Trinajstić information content (AvgIpc) is 3.05. The van der Waals surface area contributed by atoms with Gasteiger partial charge in [-0.3, -0.25) is 0 Å². The van der Waals surface area contributed by atoms with Crippen LogP contribution in [0.5, 0.6) is 0 Å². The van der Waals surface area contributed by atoms with Crippen molar-refractivity contribution in [2.24, 2.45) is 0 Å². The van der Waals surface area contributed by atoms with Crippen LogP contribution in [-0.2, 0) is 6.42 Å². The summed E-state index contributed by atoms with van der Waals surface area (Å²) in [6.45, 7) is 2.08. The van der Waals surface area contributed by atoms with Crippen LogP contribution >= 0.6 is 38.9 Å². The molecule has 0 radical (unpaired) electrons. The first kappa shape index (κ1) is 13.2. The summed E-state index contributed by atoms with van der Waals surface area (Å²) in [5, 5.41) is 3.19. The third-order valence-electron chi connectivity index (χ3n) is 3.23. The highest BCUT2D eigenvalue weighted by atomic mass is 79.9. The Kier molecular flexibility index (Phi) is 3.70. The molecule has 4 heteroatoms. The van der Waals surface area contributed by atoms with Crippen molar-refractivity contribution in [2.45, 2.75) is 18.7 Å². The van der Waals surface area contributed by atoms with E-state index in [0.29, 0.717) is 0 Å². The van der Waals surface area contributed by atoms with Crippen molar-refractivity contribution in [3.8, 4) is 0 Å². The monoisotopic (exact) mass is 354 g/mol. The minimum absolute atomic E-state index is 0.156. The van der Waals surface area contributed by atoms with Gasteiger partial charge in [0.2, 0.25) is 0 Å². The number of halogens is 2. The van der Waals surface area contributed by atoms with Gasteiger partial charge in [0.1, 0.15) is 5.76 Å². The summed E-state index contributed by atoms with van der Waals surface area (Å²) in [4.78, 5) is 0. The summed E-state index contributed by atoms with van der Waals surface area (Å²) in [6, 6.07) is 8.19. The van der Waals surface area contributed by atoms with Gasteiger partial charge in [-0.2, -0.15) is 0 Å². The van der Waals surface area contributed by atoms with E-state index in [1.807, 2.05) is 12.1 Å². The highest BCUT2D eigenvalue weighted by molar-refractivity contribution is 9.10. The van der Waals surface area contributed by atoms with E-state index in [2.05, 4.69) is 40.4 Å². The molecule has 0 fully saturated rings. The molecule has 0 spiro atoms. The van der Waals surface area contributed by atoms with Crippen LogP contribution in [0.2, 0.25) is 0 Å². The number of benzene rings is 1. The quantitative estimate of drug-likeness (QED) is 0.514. The van der Waals surface area contributed by atoms with Gasteiger partial charge in [0.15, 0.2) is 0 Å². The summed E-state index contributed by atoms with van der Waals surface area (Å²) in [6.07, 6.45) is 2.57. The van der Waals surface area contributed by atoms with E-state index >= 15 is 0 Å². The van der Waals surface area contributed by atoms with E-state index in [1.54, 1.807) is 17.6 Å². The van der Waals surface area contributed by atoms with Crippen molar-refractivity contribution >= 4 is 49.0 Å². The summed E-state index contributed by atoms with van der Waals surface area (Å²) in [7, 11) is 0. The van der Waals surface area contributed by atoms with Crippen LogP contribution in [0.4, 0.5) is 0 Å². The Morgan fingerprint density at radius 2 is 2.16 bits per heavy atom. The molecule has 19 heavy (non-hydrogen) atoms. The molecule has 1 unspecified atom stereocenters. The highest BCUT2D eigenvalue weighted by Crippen LogP contribution is 2.41. The molecule has 3 rings (SSSR count). The van der Waals surface area contributed by atoms with Gasteiger partial charge in [0.25, 0.3) is 0 Å². The van der Waals surface area contributed by atoms with E-state index in [-0.39, 0.29) is 5.38 Å². The minimum atomic E-state index is -0.156. The normalized spacial score (nSPS) is 13.0. The van der Waals surface area contributed by atoms with Crippen LogP contribution in [0.3, 0.4) is 0 Å². The smallest absolute Gasteiger partial charge is 0.108 e. The Labute approximate surface area is 129 Å². The zero-order valence-corrected chi connectivity index (χ0v) is 13.5. The zero-order valence-electron chi connectivity index (χ0n) is 10.3. The van der Waals surface area contributed by atoms with Gasteiger partial charge in [-0.1, -0.05) is 19.1 Å². The Hall–Kier alpha value is -0.770. The van der Waals surface area contributed by atoms with Crippen LogP contribution in [0.15, 0.2) is 44.8 Å². The van der Waals surface area contributed by atoms with Gasteiger partial charge in [-0.15, -0.1) is 22.9 Å². The Bertz CT molecular complexity index is 716. The zero-order chi connectivity index (χ0) is 13.4. The van der Waals surface area contributed by atoms with Crippen LogP contribution in [0.25, 0.3) is 10.1 Å². The topological polar surface area (TPSA) is 13.1 Å². The van der Waals surface area contributed by atoms with Crippen molar-refractivity contribution in [3.05, 3.63) is 57.3 Å². The molecular formula is C15H12BrClOS. The molecule has 2 heterocycles. The van der Waals surface area contributed by atoms with E-state index in [9.17, 15) is 0 Å². The standard InChI is InChI=1S/C15H12BrClOS/c1-2-13-10(6-7-18-13)14(17)11-8-19-15-9(11)4-3-5-12(15)16/h3-8,14H,2H2,1H3. The molecule has 0 aliphatic heterocycles. The molecule has 0 amide bonds. The van der Waals surface area contributed by atoms with Crippen LogP contribution in [-0.4, -0.2) is 0 Å². The van der Waals surface area contributed by atoms with Crippen LogP contribution in [0, 0.1) is 0 Å². The summed E-state index contributed by atoms with van der Waals surface area (Å²) in [5.74, 6) is 0.967. The lowest BCUT2D eigenvalue weighted by Gasteiger charge is -2.08. The van der Waals surface area contributed by atoms with Gasteiger partial charge < -0.3 is 4.42 Å². The second-order valence-corrected chi connectivity index (χ2v) is 6.49. The lowest BCUT2D eigenvalue weighted by atomic mass is 10.0. The molecule has 1 aromatic carbocycles. The van der Waals surface area contributed by atoms with Crippen molar-refractivity contribution in [1.82, 2.24) is 0 Å². The summed E-state index contributed by atoms with van der Waals surface area (Å²) >= 11 is 12.0. The van der Waals surface area contributed by atoms with Crippen molar-refractivity contribution in [1.29, 1.82) is 0 Å². The number of thiophene rings is 1. The lowest BCUT2D eigenvalue weighted by molar-refractivity contribution is 0.512. The largest absolute Gasteiger partial charge is 0.469 e. The summed E-state index contributed by atoms with van der Waals surface area (Å²) in [5.41, 5.74) is 2.22. The van der Waals surface area contributed by atoms with Gasteiger partial charge in [0, 0.05) is 21.2 Å². The predicted octanol–water partition coefficient (Wildman–Crippen LogP) is 6.15. The fourth-order valence-corrected chi connectivity index (χ4v) is 4.37. The third kappa shape index (κ3) is 2.24. The maximum Gasteiger partial charge on any atom is 0.108 e. The fourth-order valence-electron chi connectivity index (χ4n) is 2.27. The van der Waals surface area contributed by atoms with Crippen molar-refractivity contribution < 1.29 is 4.42 Å². The Morgan fingerprint density at radius 1 is 1.32 bits per heavy atom. The molecule has 0 N–H and O–H groups in total. The first-order chi connectivity index (χ1) is 9.22. The van der Waals surface area contributed by atoms with Crippen molar-refractivity contribution in [2.75, 3.05) is 0 Å². The fraction of sp³-hybridized carbons (Fsp3) is 0.200. The molecule has 1 atom stereocenters. The maximum atomic E-state index is 6.66. The maximum absolute atomic E-state index is 6.66. The molecule has 0 saturated carbocycles. The lowest BCUT2D eigenvalue weighted by Crippen LogP contribution is -1.94. The number of fused-ring (bicyclic) bond motifs is 1. The molecular weight excluding hydrogens is 344 g/mol. The van der Waals surface area contributed by atoms with Gasteiger partial charge in [-0.25, -0.2) is 0 Å². The van der Waals surface area contributed by atoms with E-state index in [4.69, 9.17) is 16.0 Å². The molecule has 0 saturated heterocycles. The molecule has 0 aliphatic rings. The molecule has 0 aliphatic carbocycles. The molecule has 1 nitrogen and oxygen atoms in total. The molecule has 3 aromatic rings. The number of alkyl halides is 1. The predicted molar refractivity (Wildman–Crippen MR) is 85.3 cm³/mol. The third-order valence-corrected chi connectivity index (χ3v) is 5.67. The first-order valence-electron chi connectivity index (χ1n) is 6.08. The number of hydrogen-bond acceptors (Lipinski definition) is 2. The summed E-state index contributed by atoms with van der Waals surface area (Å²) < 4.78 is 7.84. The number of furan rings is 1. The van der Waals surface area contributed by atoms with E-state index in [1.165, 1.54) is 10.1 Å².